The van der Waals surface area contributed by atoms with Crippen LogP contribution in [0, 0.1) is 18.2 Å². The quantitative estimate of drug-likeness (QED) is 0.717. The number of nitrogens with one attached hydrogen (secondary N) is 1. The van der Waals surface area contributed by atoms with Gasteiger partial charge in [0.25, 0.3) is 0 Å². The highest BCUT2D eigenvalue weighted by molar-refractivity contribution is 5.18. The summed E-state index contributed by atoms with van der Waals surface area (Å²) in [5.74, 6) is 2.34. The Kier molecular flexibility index (Phi) is 4.15. The molecule has 0 fully saturated rings. The molecule has 14 heavy (non-hydrogen) atoms. The molecule has 0 aromatic heterocycles. The zero-order chi connectivity index (χ0) is 10.4. The van der Waals surface area contributed by atoms with Crippen molar-refractivity contribution in [3.05, 3.63) is 35.6 Å². The van der Waals surface area contributed by atoms with Gasteiger partial charge in [-0.2, -0.15) is 0 Å². The molecular formula is C12H14FN. The van der Waals surface area contributed by atoms with Crippen molar-refractivity contribution in [2.75, 3.05) is 6.54 Å². The lowest BCUT2D eigenvalue weighted by atomic mass is 10.1. The molecule has 0 aliphatic rings. The van der Waals surface area contributed by atoms with Gasteiger partial charge in [0.2, 0.25) is 0 Å². The third-order valence-electron chi connectivity index (χ3n) is 2.04. The summed E-state index contributed by atoms with van der Waals surface area (Å²) < 4.78 is 13.2. The lowest BCUT2D eigenvalue weighted by Gasteiger charge is -2.11. The number of terminal acetylenes is 1. The third kappa shape index (κ3) is 3.20. The van der Waals surface area contributed by atoms with Crippen molar-refractivity contribution in [2.24, 2.45) is 0 Å². The Bertz CT molecular complexity index is 327. The predicted octanol–water partition coefficient (Wildman–Crippen LogP) is 1.98. The Labute approximate surface area is 84.3 Å². The van der Waals surface area contributed by atoms with E-state index in [0.717, 1.165) is 5.56 Å². The minimum atomic E-state index is -0.151. The smallest absolute Gasteiger partial charge is 0.126 e. The van der Waals surface area contributed by atoms with Gasteiger partial charge in [0.15, 0.2) is 0 Å². The number of benzene rings is 1. The minimum absolute atomic E-state index is 0.151. The predicted molar refractivity (Wildman–Crippen MR) is 56.4 cm³/mol. The van der Waals surface area contributed by atoms with Crippen molar-refractivity contribution in [1.82, 2.24) is 5.32 Å². The maximum atomic E-state index is 13.2. The number of rotatable bonds is 4. The lowest BCUT2D eigenvalue weighted by Crippen LogP contribution is -2.28. The Morgan fingerprint density at radius 1 is 1.50 bits per heavy atom. The topological polar surface area (TPSA) is 12.0 Å². The van der Waals surface area contributed by atoms with Crippen molar-refractivity contribution < 1.29 is 4.39 Å². The fourth-order valence-electron chi connectivity index (χ4n) is 1.30. The molecule has 0 saturated carbocycles. The molecule has 1 N–H and O–H groups in total. The van der Waals surface area contributed by atoms with E-state index in [0.29, 0.717) is 13.0 Å². The Hall–Kier alpha value is -1.33. The summed E-state index contributed by atoms with van der Waals surface area (Å²) in [6.45, 7) is 2.51. The SMILES string of the molecule is C#CCNC(C)Cc1ccccc1F. The normalized spacial score (nSPS) is 12.1. The van der Waals surface area contributed by atoms with E-state index in [2.05, 4.69) is 11.2 Å². The van der Waals surface area contributed by atoms with Gasteiger partial charge in [-0.15, -0.1) is 6.42 Å². The Morgan fingerprint density at radius 2 is 2.21 bits per heavy atom. The van der Waals surface area contributed by atoms with Crippen LogP contribution in [0.4, 0.5) is 4.39 Å². The van der Waals surface area contributed by atoms with Crippen LogP contribution in [0.15, 0.2) is 24.3 Å². The number of hydrogen-bond acceptors (Lipinski definition) is 1. The summed E-state index contributed by atoms with van der Waals surface area (Å²) in [4.78, 5) is 0. The largest absolute Gasteiger partial charge is 0.303 e. The first-order valence-electron chi connectivity index (χ1n) is 4.64. The van der Waals surface area contributed by atoms with Gasteiger partial charge in [-0.3, -0.25) is 0 Å². The highest BCUT2D eigenvalue weighted by atomic mass is 19.1. The van der Waals surface area contributed by atoms with Crippen LogP contribution in [0.5, 0.6) is 0 Å². The zero-order valence-corrected chi connectivity index (χ0v) is 8.26. The third-order valence-corrected chi connectivity index (χ3v) is 2.04. The van der Waals surface area contributed by atoms with Gasteiger partial charge in [-0.1, -0.05) is 24.1 Å². The molecule has 0 aliphatic heterocycles. The fourth-order valence-corrected chi connectivity index (χ4v) is 1.30. The molecule has 1 rings (SSSR count). The molecule has 0 spiro atoms. The summed E-state index contributed by atoms with van der Waals surface area (Å²) in [5.41, 5.74) is 0.726. The first-order valence-corrected chi connectivity index (χ1v) is 4.64. The first-order chi connectivity index (χ1) is 6.74. The van der Waals surface area contributed by atoms with Crippen molar-refractivity contribution >= 4 is 0 Å². The molecular weight excluding hydrogens is 177 g/mol. The molecule has 0 amide bonds. The summed E-state index contributed by atoms with van der Waals surface area (Å²) in [6, 6.07) is 7.00. The average molecular weight is 191 g/mol. The zero-order valence-electron chi connectivity index (χ0n) is 8.26. The molecule has 1 aromatic rings. The van der Waals surface area contributed by atoms with E-state index in [-0.39, 0.29) is 11.9 Å². The second kappa shape index (κ2) is 5.41. The fraction of sp³-hybridized carbons (Fsp3) is 0.333. The van der Waals surface area contributed by atoms with Gasteiger partial charge in [-0.25, -0.2) is 4.39 Å². The van der Waals surface area contributed by atoms with E-state index in [4.69, 9.17) is 6.42 Å². The summed E-state index contributed by atoms with van der Waals surface area (Å²) >= 11 is 0. The van der Waals surface area contributed by atoms with E-state index in [1.165, 1.54) is 6.07 Å². The highest BCUT2D eigenvalue weighted by Crippen LogP contribution is 2.08. The van der Waals surface area contributed by atoms with Gasteiger partial charge in [0.1, 0.15) is 5.82 Å². The standard InChI is InChI=1S/C12H14FN/c1-3-8-14-10(2)9-11-6-4-5-7-12(11)13/h1,4-7,10,14H,8-9H2,2H3. The highest BCUT2D eigenvalue weighted by Gasteiger charge is 2.05. The van der Waals surface area contributed by atoms with Crippen molar-refractivity contribution in [2.45, 2.75) is 19.4 Å². The number of halogens is 1. The van der Waals surface area contributed by atoms with E-state index in [9.17, 15) is 4.39 Å². The van der Waals surface area contributed by atoms with E-state index < -0.39 is 0 Å². The molecule has 0 saturated heterocycles. The molecule has 1 nitrogen and oxygen atoms in total. The molecule has 0 bridgehead atoms. The van der Waals surface area contributed by atoms with Gasteiger partial charge in [-0.05, 0) is 25.0 Å². The Balaban J connectivity index is 2.52. The second-order valence-electron chi connectivity index (χ2n) is 3.28. The summed E-state index contributed by atoms with van der Waals surface area (Å²) in [5, 5.41) is 3.11. The minimum Gasteiger partial charge on any atom is -0.303 e. The van der Waals surface area contributed by atoms with Gasteiger partial charge in [0.05, 0.1) is 6.54 Å². The van der Waals surface area contributed by atoms with Crippen LogP contribution in [0.1, 0.15) is 12.5 Å². The van der Waals surface area contributed by atoms with Crippen molar-refractivity contribution in [3.63, 3.8) is 0 Å². The van der Waals surface area contributed by atoms with Gasteiger partial charge < -0.3 is 5.32 Å². The van der Waals surface area contributed by atoms with E-state index in [1.54, 1.807) is 12.1 Å². The molecule has 1 aromatic carbocycles. The van der Waals surface area contributed by atoms with E-state index >= 15 is 0 Å². The lowest BCUT2D eigenvalue weighted by molar-refractivity contribution is 0.552. The molecule has 74 valence electrons. The average Bonchev–Trinajstić information content (AvgIpc) is 2.18. The Morgan fingerprint density at radius 3 is 2.86 bits per heavy atom. The van der Waals surface area contributed by atoms with Crippen molar-refractivity contribution in [1.29, 1.82) is 0 Å². The van der Waals surface area contributed by atoms with Crippen LogP contribution in [0.25, 0.3) is 0 Å². The molecule has 1 unspecified atom stereocenters. The maximum Gasteiger partial charge on any atom is 0.126 e. The monoisotopic (exact) mass is 191 g/mol. The van der Waals surface area contributed by atoms with Crippen LogP contribution in [-0.4, -0.2) is 12.6 Å². The van der Waals surface area contributed by atoms with Crippen LogP contribution in [-0.2, 0) is 6.42 Å². The molecule has 1 atom stereocenters. The van der Waals surface area contributed by atoms with Gasteiger partial charge >= 0.3 is 0 Å². The van der Waals surface area contributed by atoms with Crippen LogP contribution in [0.3, 0.4) is 0 Å². The van der Waals surface area contributed by atoms with Crippen molar-refractivity contribution in [3.8, 4) is 12.3 Å². The number of hydrogen-bond donors (Lipinski definition) is 1. The van der Waals surface area contributed by atoms with Crippen LogP contribution in [0.2, 0.25) is 0 Å². The van der Waals surface area contributed by atoms with Crippen LogP contribution < -0.4 is 5.32 Å². The molecule has 0 radical (unpaired) electrons. The second-order valence-corrected chi connectivity index (χ2v) is 3.28. The van der Waals surface area contributed by atoms with Crippen LogP contribution >= 0.6 is 0 Å². The molecule has 0 aliphatic carbocycles. The summed E-state index contributed by atoms with van der Waals surface area (Å²) in [7, 11) is 0. The maximum absolute atomic E-state index is 13.2. The molecule has 0 heterocycles. The van der Waals surface area contributed by atoms with E-state index in [1.807, 2.05) is 13.0 Å². The van der Waals surface area contributed by atoms with Gasteiger partial charge in [0, 0.05) is 6.04 Å². The molecule has 2 heteroatoms. The summed E-state index contributed by atoms with van der Waals surface area (Å²) in [6.07, 6.45) is 5.77. The first kappa shape index (κ1) is 10.7.